The number of benzene rings is 1. The van der Waals surface area contributed by atoms with E-state index in [1.807, 2.05) is 0 Å². The summed E-state index contributed by atoms with van der Waals surface area (Å²) in [6.07, 6.45) is 4.59. The number of carboxylic acids is 1. The van der Waals surface area contributed by atoms with E-state index in [4.69, 9.17) is 15.6 Å². The number of aliphatic carboxylic acids is 1. The molecule has 2 aromatic rings. The maximum Gasteiger partial charge on any atom is 0.322 e. The number of carboxylic acid groups (broad SMARTS) is 1. The Morgan fingerprint density at radius 2 is 1.97 bits per heavy atom. The van der Waals surface area contributed by atoms with E-state index in [1.165, 1.54) is 12.3 Å². The number of ether oxygens (including phenoxy) is 1. The molecule has 1 aromatic carbocycles. The van der Waals surface area contributed by atoms with Gasteiger partial charge in [-0.2, -0.15) is 0 Å². The van der Waals surface area contributed by atoms with Crippen LogP contribution in [-0.2, 0) is 4.79 Å². The van der Waals surface area contributed by atoms with E-state index < -0.39 is 24.0 Å². The molecule has 1 amide bonds. The van der Waals surface area contributed by atoms with Gasteiger partial charge in [0.25, 0.3) is 5.91 Å². The number of hydrogen-bond acceptors (Lipinski definition) is 6. The summed E-state index contributed by atoms with van der Waals surface area (Å²) in [6, 6.07) is 8.46. The predicted octanol–water partition coefficient (Wildman–Crippen LogP) is 2.69. The highest BCUT2D eigenvalue weighted by atomic mass is 79.9. The van der Waals surface area contributed by atoms with Gasteiger partial charge >= 0.3 is 5.97 Å². The Bertz CT molecular complexity index is 1020. The van der Waals surface area contributed by atoms with Crippen LogP contribution in [0, 0.1) is 11.8 Å². The van der Waals surface area contributed by atoms with E-state index in [2.05, 4.69) is 38.1 Å². The van der Waals surface area contributed by atoms with Gasteiger partial charge in [-0.3, -0.25) is 9.59 Å². The number of anilines is 1. The van der Waals surface area contributed by atoms with Gasteiger partial charge in [0.15, 0.2) is 11.3 Å². The molecule has 1 heterocycles. The molecule has 9 heteroatoms. The summed E-state index contributed by atoms with van der Waals surface area (Å²) in [5.74, 6) is 4.51. The van der Waals surface area contributed by atoms with E-state index in [0.717, 1.165) is 25.7 Å². The van der Waals surface area contributed by atoms with Crippen LogP contribution in [0.4, 0.5) is 5.69 Å². The lowest BCUT2D eigenvalue weighted by molar-refractivity contribution is -0.135. The Kier molecular flexibility index (Phi) is 7.02. The molecule has 8 nitrogen and oxygen atoms in total. The molecular weight excluding hydrogens is 466 g/mol. The molecule has 0 aliphatic heterocycles. The van der Waals surface area contributed by atoms with Crippen molar-refractivity contribution in [2.75, 3.05) is 12.3 Å². The Morgan fingerprint density at radius 3 is 2.58 bits per heavy atom. The highest BCUT2D eigenvalue weighted by Gasteiger charge is 2.35. The minimum Gasteiger partial charge on any atom is -0.505 e. The van der Waals surface area contributed by atoms with Crippen LogP contribution in [0.5, 0.6) is 11.5 Å². The van der Waals surface area contributed by atoms with Gasteiger partial charge in [0.1, 0.15) is 18.0 Å². The molecule has 0 spiro atoms. The second kappa shape index (κ2) is 9.71. The Balaban J connectivity index is 1.81. The summed E-state index contributed by atoms with van der Waals surface area (Å²) >= 11 is 3.65. The number of amides is 1. The van der Waals surface area contributed by atoms with Gasteiger partial charge in [-0.05, 0) is 61.9 Å². The number of carbonyl (C=O) groups excluding carboxylic acids is 1. The normalized spacial score (nSPS) is 20.2. The van der Waals surface area contributed by atoms with Crippen molar-refractivity contribution >= 4 is 33.5 Å². The van der Waals surface area contributed by atoms with Crippen LogP contribution in [0.15, 0.2) is 36.5 Å². The van der Waals surface area contributed by atoms with Crippen molar-refractivity contribution in [3.8, 4) is 23.3 Å². The zero-order valence-electron chi connectivity index (χ0n) is 16.6. The number of aromatic hydroxyl groups is 1. The van der Waals surface area contributed by atoms with Crippen LogP contribution in [0.25, 0.3) is 0 Å². The van der Waals surface area contributed by atoms with Crippen molar-refractivity contribution in [2.24, 2.45) is 0 Å². The molecule has 0 bridgehead atoms. The topological polar surface area (TPSA) is 135 Å². The first kappa shape index (κ1) is 22.4. The molecule has 1 aliphatic rings. The van der Waals surface area contributed by atoms with Gasteiger partial charge < -0.3 is 26.0 Å². The fourth-order valence-electron chi connectivity index (χ4n) is 3.19. The highest BCUT2D eigenvalue weighted by Crippen LogP contribution is 2.36. The monoisotopic (exact) mass is 487 g/mol. The van der Waals surface area contributed by atoms with Gasteiger partial charge in [0.2, 0.25) is 0 Å². The second-order valence-corrected chi connectivity index (χ2v) is 8.55. The number of pyridine rings is 1. The molecule has 3 rings (SSSR count). The molecule has 162 valence electrons. The van der Waals surface area contributed by atoms with Gasteiger partial charge in [-0.15, -0.1) is 0 Å². The molecule has 1 fully saturated rings. The first-order chi connectivity index (χ1) is 14.8. The fraction of sp³-hybridized carbons (Fsp3) is 0.318. The second-order valence-electron chi connectivity index (χ2n) is 7.26. The summed E-state index contributed by atoms with van der Waals surface area (Å²) in [6.45, 7) is -0.568. The maximum atomic E-state index is 11.9. The van der Waals surface area contributed by atoms with Crippen molar-refractivity contribution in [1.29, 1.82) is 0 Å². The maximum absolute atomic E-state index is 11.9. The van der Waals surface area contributed by atoms with Gasteiger partial charge in [-0.1, -0.05) is 21.9 Å². The van der Waals surface area contributed by atoms with Crippen molar-refractivity contribution in [1.82, 2.24) is 10.3 Å². The van der Waals surface area contributed by atoms with Gasteiger partial charge in [-0.25, -0.2) is 4.98 Å². The van der Waals surface area contributed by atoms with E-state index in [9.17, 15) is 14.7 Å². The van der Waals surface area contributed by atoms with Crippen LogP contribution in [0.3, 0.4) is 0 Å². The molecule has 5 N–H and O–H groups in total. The van der Waals surface area contributed by atoms with E-state index in [-0.39, 0.29) is 11.4 Å². The van der Waals surface area contributed by atoms with E-state index >= 15 is 0 Å². The minimum absolute atomic E-state index is 0.264. The summed E-state index contributed by atoms with van der Waals surface area (Å²) in [7, 11) is 0. The lowest BCUT2D eigenvalue weighted by Crippen LogP contribution is -2.39. The van der Waals surface area contributed by atoms with Crippen molar-refractivity contribution in [3.05, 3.63) is 47.8 Å². The average molecular weight is 488 g/mol. The zero-order chi connectivity index (χ0) is 22.4. The lowest BCUT2D eigenvalue weighted by Gasteiger charge is -2.35. The Morgan fingerprint density at radius 1 is 1.29 bits per heavy atom. The van der Waals surface area contributed by atoms with Crippen molar-refractivity contribution < 1.29 is 24.5 Å². The number of nitrogens with zero attached hydrogens (tertiary/aromatic N) is 1. The number of nitrogen functional groups attached to an aromatic ring is 1. The number of rotatable bonds is 5. The number of nitrogens with two attached hydrogens (primary N) is 1. The number of halogens is 1. The average Bonchev–Trinajstić information content (AvgIpc) is 2.74. The third kappa shape index (κ3) is 6.12. The van der Waals surface area contributed by atoms with Crippen LogP contribution >= 0.6 is 15.9 Å². The first-order valence-electron chi connectivity index (χ1n) is 9.67. The number of hydrogen-bond donors (Lipinski definition) is 4. The molecule has 1 aromatic heterocycles. The standard InChI is InChI=1S/C22H22BrN3O5/c23-15-6-9-22(10-7-15,31-17-3-1-16(24)2-4-17)8-5-14-11-18(27)20(25-12-14)21(30)26-13-19(28)29/h1-4,11-12,15,27H,6-7,9-10,13,24H2,(H,26,30)(H,28,29). The van der Waals surface area contributed by atoms with Crippen molar-refractivity contribution in [2.45, 2.75) is 36.1 Å². The molecule has 0 atom stereocenters. The van der Waals surface area contributed by atoms with Gasteiger partial charge in [0.05, 0.1) is 0 Å². The molecule has 31 heavy (non-hydrogen) atoms. The summed E-state index contributed by atoms with van der Waals surface area (Å²) in [5, 5.41) is 20.9. The fourth-order valence-corrected chi connectivity index (χ4v) is 3.64. The quantitative estimate of drug-likeness (QED) is 0.289. The lowest BCUT2D eigenvalue weighted by atomic mass is 9.84. The smallest absolute Gasteiger partial charge is 0.322 e. The van der Waals surface area contributed by atoms with Crippen molar-refractivity contribution in [3.63, 3.8) is 0 Å². The number of nitrogens with one attached hydrogen (secondary N) is 1. The molecule has 0 radical (unpaired) electrons. The number of carbonyl (C=O) groups is 2. The summed E-state index contributed by atoms with van der Waals surface area (Å²) < 4.78 is 6.26. The summed E-state index contributed by atoms with van der Waals surface area (Å²) in [5.41, 5.74) is 5.84. The molecule has 0 unspecified atom stereocenters. The molecular formula is C22H22BrN3O5. The van der Waals surface area contributed by atoms with Crippen LogP contribution in [0.2, 0.25) is 0 Å². The SMILES string of the molecule is Nc1ccc(OC2(C#Cc3cnc(C(=O)NCC(=O)O)c(O)c3)CCC(Br)CC2)cc1. The molecule has 1 aliphatic carbocycles. The number of aromatic nitrogens is 1. The van der Waals surface area contributed by atoms with Crippen LogP contribution < -0.4 is 15.8 Å². The summed E-state index contributed by atoms with van der Waals surface area (Å²) in [4.78, 5) is 26.8. The number of alkyl halides is 1. The van der Waals surface area contributed by atoms with Crippen LogP contribution in [0.1, 0.15) is 41.7 Å². The predicted molar refractivity (Wildman–Crippen MR) is 118 cm³/mol. The third-order valence-corrected chi connectivity index (χ3v) is 5.75. The minimum atomic E-state index is -1.19. The zero-order valence-corrected chi connectivity index (χ0v) is 18.2. The largest absolute Gasteiger partial charge is 0.505 e. The van der Waals surface area contributed by atoms with Gasteiger partial charge in [0, 0.05) is 22.3 Å². The molecule has 0 saturated heterocycles. The highest BCUT2D eigenvalue weighted by molar-refractivity contribution is 9.09. The molecule has 1 saturated carbocycles. The Hall–Kier alpha value is -3.25. The third-order valence-electron chi connectivity index (χ3n) is 4.83. The van der Waals surface area contributed by atoms with E-state index in [0.29, 0.717) is 21.8 Å². The van der Waals surface area contributed by atoms with E-state index in [1.54, 1.807) is 24.3 Å². The Labute approximate surface area is 187 Å². The first-order valence-corrected chi connectivity index (χ1v) is 10.6. The van der Waals surface area contributed by atoms with Crippen LogP contribution in [-0.4, -0.2) is 44.0 Å².